The summed E-state index contributed by atoms with van der Waals surface area (Å²) in [6.07, 6.45) is 4.47. The fourth-order valence-electron chi connectivity index (χ4n) is 5.40. The second-order valence-corrected chi connectivity index (χ2v) is 9.09. The molecule has 2 bridgehead atoms. The molecule has 1 amide bonds. The van der Waals surface area contributed by atoms with Crippen molar-refractivity contribution in [3.63, 3.8) is 0 Å². The molecule has 2 aromatic carbocycles. The number of carbonyl (C=O) groups is 1. The number of hydrogen-bond acceptors (Lipinski definition) is 4. The van der Waals surface area contributed by atoms with E-state index in [0.29, 0.717) is 19.8 Å². The Kier molecular flexibility index (Phi) is 4.99. The topological polar surface area (TPSA) is 51.7 Å². The van der Waals surface area contributed by atoms with Crippen LogP contribution in [0.25, 0.3) is 16.7 Å². The van der Waals surface area contributed by atoms with Crippen molar-refractivity contribution in [3.05, 3.63) is 95.3 Å². The zero-order valence-electron chi connectivity index (χ0n) is 18.6. The lowest BCUT2D eigenvalue weighted by atomic mass is 9.92. The molecule has 2 atom stereocenters. The third-order valence-corrected chi connectivity index (χ3v) is 6.99. The van der Waals surface area contributed by atoms with Crippen molar-refractivity contribution in [1.29, 1.82) is 0 Å². The van der Waals surface area contributed by atoms with E-state index < -0.39 is 0 Å². The van der Waals surface area contributed by atoms with E-state index in [4.69, 9.17) is 9.47 Å². The summed E-state index contributed by atoms with van der Waals surface area (Å²) in [5.41, 5.74) is 8.20. The van der Waals surface area contributed by atoms with Gasteiger partial charge in [0, 0.05) is 12.1 Å². The summed E-state index contributed by atoms with van der Waals surface area (Å²) in [5, 5.41) is 0. The van der Waals surface area contributed by atoms with Gasteiger partial charge in [-0.25, -0.2) is 4.79 Å². The van der Waals surface area contributed by atoms with E-state index in [-0.39, 0.29) is 24.1 Å². The summed E-state index contributed by atoms with van der Waals surface area (Å²) in [4.78, 5) is 19.7. The molecule has 1 fully saturated rings. The lowest BCUT2D eigenvalue weighted by Gasteiger charge is -2.43. The monoisotopic (exact) mass is 438 g/mol. The number of aryl methyl sites for hydroxylation is 1. The van der Waals surface area contributed by atoms with E-state index in [0.717, 1.165) is 17.7 Å². The Hall–Kier alpha value is -3.44. The minimum atomic E-state index is -0.262. The quantitative estimate of drug-likeness (QED) is 0.564. The number of amides is 1. The first-order valence-electron chi connectivity index (χ1n) is 11.5. The van der Waals surface area contributed by atoms with Crippen LogP contribution in [0.4, 0.5) is 4.79 Å². The predicted octanol–water partition coefficient (Wildman–Crippen LogP) is 5.20. The highest BCUT2D eigenvalue weighted by Gasteiger charge is 2.40. The summed E-state index contributed by atoms with van der Waals surface area (Å²) < 4.78 is 11.7. The Bertz CT molecular complexity index is 1190. The van der Waals surface area contributed by atoms with Gasteiger partial charge in [-0.1, -0.05) is 60.7 Å². The molecule has 1 saturated heterocycles. The molecule has 2 aliphatic heterocycles. The standard InChI is InChI=1S/C28H26N2O3/c1-18-10-11-27(29-14-18)19-12-20-15-32-16-21(13-19)30(20)28(31)33-17-26-24-8-4-2-6-22(24)23-7-3-5-9-25(23)26/h2-12,14,20-21,26H,13,15-17H2,1H3. The van der Waals surface area contributed by atoms with Crippen LogP contribution in [0.15, 0.2) is 72.9 Å². The van der Waals surface area contributed by atoms with Gasteiger partial charge in [0.1, 0.15) is 6.61 Å². The van der Waals surface area contributed by atoms with Gasteiger partial charge in [0.15, 0.2) is 0 Å². The van der Waals surface area contributed by atoms with E-state index in [2.05, 4.69) is 71.7 Å². The zero-order valence-corrected chi connectivity index (χ0v) is 18.6. The molecule has 1 aliphatic carbocycles. The van der Waals surface area contributed by atoms with Gasteiger partial charge in [-0.05, 0) is 52.8 Å². The van der Waals surface area contributed by atoms with E-state index in [9.17, 15) is 4.79 Å². The maximum absolute atomic E-state index is 13.3. The summed E-state index contributed by atoms with van der Waals surface area (Å²) >= 11 is 0. The Morgan fingerprint density at radius 1 is 1.03 bits per heavy atom. The number of rotatable bonds is 3. The van der Waals surface area contributed by atoms with Crippen LogP contribution < -0.4 is 0 Å². The average Bonchev–Trinajstić information content (AvgIpc) is 3.16. The Labute approximate surface area is 193 Å². The molecular weight excluding hydrogens is 412 g/mol. The maximum atomic E-state index is 13.3. The molecule has 6 rings (SSSR count). The summed E-state index contributed by atoms with van der Waals surface area (Å²) in [6.45, 7) is 3.37. The second kappa shape index (κ2) is 8.16. The highest BCUT2D eigenvalue weighted by Crippen LogP contribution is 2.44. The number of hydrogen-bond donors (Lipinski definition) is 0. The second-order valence-electron chi connectivity index (χ2n) is 9.09. The Morgan fingerprint density at radius 3 is 2.42 bits per heavy atom. The van der Waals surface area contributed by atoms with Crippen LogP contribution >= 0.6 is 0 Å². The van der Waals surface area contributed by atoms with Crippen molar-refractivity contribution in [3.8, 4) is 11.1 Å². The van der Waals surface area contributed by atoms with Crippen molar-refractivity contribution < 1.29 is 14.3 Å². The normalized spacial score (nSPS) is 21.2. The predicted molar refractivity (Wildman–Crippen MR) is 127 cm³/mol. The van der Waals surface area contributed by atoms with Gasteiger partial charge in [0.2, 0.25) is 0 Å². The SMILES string of the molecule is Cc1ccc(C2=CC3COCC(C2)N3C(=O)OCC2c3ccccc3-c3ccccc32)nc1. The number of fused-ring (bicyclic) bond motifs is 5. The third kappa shape index (κ3) is 3.53. The molecule has 166 valence electrons. The minimum absolute atomic E-state index is 0.0393. The maximum Gasteiger partial charge on any atom is 0.410 e. The molecule has 3 aliphatic rings. The van der Waals surface area contributed by atoms with Crippen molar-refractivity contribution in [2.75, 3.05) is 19.8 Å². The molecule has 2 unspecified atom stereocenters. The van der Waals surface area contributed by atoms with Gasteiger partial charge in [0.05, 0.1) is 31.0 Å². The average molecular weight is 439 g/mol. The summed E-state index contributed by atoms with van der Waals surface area (Å²) in [6, 6.07) is 20.8. The fraction of sp³-hybridized carbons (Fsp3) is 0.286. The smallest absolute Gasteiger partial charge is 0.410 e. The van der Waals surface area contributed by atoms with Crippen LogP contribution in [0.5, 0.6) is 0 Å². The zero-order chi connectivity index (χ0) is 22.4. The van der Waals surface area contributed by atoms with Crippen LogP contribution in [0, 0.1) is 6.92 Å². The summed E-state index contributed by atoms with van der Waals surface area (Å²) in [7, 11) is 0. The van der Waals surface area contributed by atoms with Gasteiger partial charge in [-0.15, -0.1) is 0 Å². The van der Waals surface area contributed by atoms with Crippen molar-refractivity contribution in [2.24, 2.45) is 0 Å². The number of aromatic nitrogens is 1. The van der Waals surface area contributed by atoms with Crippen LogP contribution in [-0.4, -0.2) is 47.9 Å². The molecule has 1 aromatic heterocycles. The number of pyridine rings is 1. The van der Waals surface area contributed by atoms with Crippen molar-refractivity contribution in [2.45, 2.75) is 31.3 Å². The molecule has 0 radical (unpaired) electrons. The number of morpholine rings is 1. The molecule has 5 nitrogen and oxygen atoms in total. The number of ether oxygens (including phenoxy) is 2. The third-order valence-electron chi connectivity index (χ3n) is 6.99. The Morgan fingerprint density at radius 2 is 1.76 bits per heavy atom. The molecule has 3 heterocycles. The van der Waals surface area contributed by atoms with E-state index in [1.807, 2.05) is 18.0 Å². The molecule has 33 heavy (non-hydrogen) atoms. The first-order chi connectivity index (χ1) is 16.2. The first-order valence-corrected chi connectivity index (χ1v) is 11.5. The molecule has 0 N–H and O–H groups in total. The summed E-state index contributed by atoms with van der Waals surface area (Å²) in [5.74, 6) is 0.0603. The minimum Gasteiger partial charge on any atom is -0.448 e. The van der Waals surface area contributed by atoms with Gasteiger partial charge in [-0.3, -0.25) is 9.88 Å². The number of nitrogens with zero attached hydrogens (tertiary/aromatic N) is 2. The van der Waals surface area contributed by atoms with Crippen LogP contribution in [-0.2, 0) is 9.47 Å². The lowest BCUT2D eigenvalue weighted by Crippen LogP contribution is -2.56. The van der Waals surface area contributed by atoms with Crippen LogP contribution in [0.3, 0.4) is 0 Å². The van der Waals surface area contributed by atoms with Crippen molar-refractivity contribution in [1.82, 2.24) is 9.88 Å². The molecule has 0 spiro atoms. The first kappa shape index (κ1) is 20.2. The van der Waals surface area contributed by atoms with Gasteiger partial charge < -0.3 is 9.47 Å². The highest BCUT2D eigenvalue weighted by molar-refractivity contribution is 5.79. The molecular formula is C28H26N2O3. The largest absolute Gasteiger partial charge is 0.448 e. The lowest BCUT2D eigenvalue weighted by molar-refractivity contribution is -0.0331. The van der Waals surface area contributed by atoms with Crippen LogP contribution in [0.2, 0.25) is 0 Å². The van der Waals surface area contributed by atoms with Crippen molar-refractivity contribution >= 4 is 11.7 Å². The van der Waals surface area contributed by atoms with E-state index in [1.165, 1.54) is 27.8 Å². The Balaban J connectivity index is 1.22. The van der Waals surface area contributed by atoms with Gasteiger partial charge in [-0.2, -0.15) is 0 Å². The highest BCUT2D eigenvalue weighted by atomic mass is 16.6. The number of benzene rings is 2. The van der Waals surface area contributed by atoms with Crippen LogP contribution in [0.1, 0.15) is 34.7 Å². The van der Waals surface area contributed by atoms with Gasteiger partial charge in [0.25, 0.3) is 0 Å². The van der Waals surface area contributed by atoms with E-state index in [1.54, 1.807) is 0 Å². The fourth-order valence-corrected chi connectivity index (χ4v) is 5.40. The van der Waals surface area contributed by atoms with E-state index >= 15 is 0 Å². The van der Waals surface area contributed by atoms with Gasteiger partial charge >= 0.3 is 6.09 Å². The molecule has 0 saturated carbocycles. The molecule has 5 heteroatoms. The molecule has 3 aromatic rings. The number of carbonyl (C=O) groups excluding carboxylic acids is 1.